The maximum Gasteiger partial charge on any atom is 0.270 e. The summed E-state index contributed by atoms with van der Waals surface area (Å²) in [7, 11) is 0. The van der Waals surface area contributed by atoms with Gasteiger partial charge in [-0.15, -0.1) is 11.3 Å². The molecule has 0 saturated carbocycles. The Morgan fingerprint density at radius 1 is 1.29 bits per heavy atom. The second-order valence-electron chi connectivity index (χ2n) is 6.89. The van der Waals surface area contributed by atoms with Crippen molar-refractivity contribution in [2.75, 3.05) is 44.3 Å². The van der Waals surface area contributed by atoms with Gasteiger partial charge in [0.2, 0.25) is 0 Å². The first kappa shape index (κ1) is 19.5. The number of morpholine rings is 1. The number of carbonyl (C=O) groups is 1. The lowest BCUT2D eigenvalue weighted by molar-refractivity contribution is 0.0376. The zero-order chi connectivity index (χ0) is 19.3. The van der Waals surface area contributed by atoms with Crippen molar-refractivity contribution in [2.24, 2.45) is 0 Å². The minimum atomic E-state index is 0.0479. The van der Waals surface area contributed by atoms with Gasteiger partial charge in [0.1, 0.15) is 0 Å². The quantitative estimate of drug-likeness (QED) is 0.578. The van der Waals surface area contributed by atoms with Crippen LogP contribution >= 0.6 is 22.7 Å². The highest BCUT2D eigenvalue weighted by atomic mass is 32.1. The van der Waals surface area contributed by atoms with E-state index in [1.165, 1.54) is 16.9 Å². The number of carbonyl (C=O) groups excluding carboxylic acids is 1. The Hall–Kier alpha value is -1.80. The molecule has 4 rings (SSSR count). The number of aromatic nitrogens is 1. The molecule has 0 bridgehead atoms. The van der Waals surface area contributed by atoms with E-state index in [9.17, 15) is 4.79 Å². The first-order chi connectivity index (χ1) is 13.7. The van der Waals surface area contributed by atoms with E-state index in [2.05, 4.69) is 30.0 Å². The molecule has 0 unspecified atom stereocenters. The number of rotatable bonds is 7. The van der Waals surface area contributed by atoms with E-state index >= 15 is 0 Å². The largest absolute Gasteiger partial charge is 0.379 e. The summed E-state index contributed by atoms with van der Waals surface area (Å²) >= 11 is 3.10. The van der Waals surface area contributed by atoms with Crippen molar-refractivity contribution in [2.45, 2.75) is 19.8 Å². The van der Waals surface area contributed by atoms with Crippen molar-refractivity contribution < 1.29 is 9.53 Å². The third-order valence-corrected chi connectivity index (χ3v) is 6.92. The van der Waals surface area contributed by atoms with Crippen LogP contribution in [-0.4, -0.2) is 55.2 Å². The Labute approximate surface area is 173 Å². The van der Waals surface area contributed by atoms with Crippen LogP contribution in [0.5, 0.6) is 0 Å². The molecule has 0 N–H and O–H groups in total. The predicted octanol–water partition coefficient (Wildman–Crippen LogP) is 4.29. The van der Waals surface area contributed by atoms with Crippen molar-refractivity contribution in [1.29, 1.82) is 0 Å². The lowest BCUT2D eigenvalue weighted by atomic mass is 10.2. The zero-order valence-electron chi connectivity index (χ0n) is 16.1. The summed E-state index contributed by atoms with van der Waals surface area (Å²) in [5, 5.41) is 2.74. The molecule has 1 aromatic carbocycles. The Morgan fingerprint density at radius 3 is 2.89 bits per heavy atom. The molecule has 1 amide bonds. The van der Waals surface area contributed by atoms with Crippen molar-refractivity contribution in [3.05, 3.63) is 46.2 Å². The zero-order valence-corrected chi connectivity index (χ0v) is 17.7. The van der Waals surface area contributed by atoms with E-state index in [1.54, 1.807) is 11.3 Å². The maximum atomic E-state index is 13.2. The standard InChI is InChI=1S/C21H25N3O2S2/c1-2-16-6-7-17-19(15-16)28-21(22-17)24(20(25)18-5-3-14-27-18)9-4-8-23-10-12-26-13-11-23/h3,5-7,14-15H,2,4,8-13H2,1H3. The molecule has 7 heteroatoms. The number of hydrogen-bond acceptors (Lipinski definition) is 6. The number of nitrogens with zero attached hydrogens (tertiary/aromatic N) is 3. The second-order valence-corrected chi connectivity index (χ2v) is 8.85. The summed E-state index contributed by atoms with van der Waals surface area (Å²) in [4.78, 5) is 23.0. The number of anilines is 1. The van der Waals surface area contributed by atoms with Gasteiger partial charge in [0.15, 0.2) is 5.13 Å². The molecule has 1 aliphatic heterocycles. The summed E-state index contributed by atoms with van der Waals surface area (Å²) in [6, 6.07) is 10.2. The van der Waals surface area contributed by atoms with E-state index in [1.807, 2.05) is 22.4 Å². The van der Waals surface area contributed by atoms with E-state index < -0.39 is 0 Å². The normalized spacial score (nSPS) is 15.2. The van der Waals surface area contributed by atoms with Crippen LogP contribution in [0.4, 0.5) is 5.13 Å². The van der Waals surface area contributed by atoms with Crippen molar-refractivity contribution in [3.63, 3.8) is 0 Å². The number of aryl methyl sites for hydroxylation is 1. The highest BCUT2D eigenvalue weighted by Gasteiger charge is 2.22. The van der Waals surface area contributed by atoms with E-state index in [0.29, 0.717) is 6.54 Å². The fraction of sp³-hybridized carbons (Fsp3) is 0.429. The number of fused-ring (bicyclic) bond motifs is 1. The number of hydrogen-bond donors (Lipinski definition) is 0. The maximum absolute atomic E-state index is 13.2. The molecule has 3 aromatic rings. The van der Waals surface area contributed by atoms with Gasteiger partial charge in [0.25, 0.3) is 5.91 Å². The smallest absolute Gasteiger partial charge is 0.270 e. The molecule has 1 aliphatic rings. The van der Waals surface area contributed by atoms with Gasteiger partial charge in [0, 0.05) is 26.2 Å². The van der Waals surface area contributed by atoms with Crippen LogP contribution in [0.15, 0.2) is 35.7 Å². The van der Waals surface area contributed by atoms with Crippen LogP contribution in [0.2, 0.25) is 0 Å². The van der Waals surface area contributed by atoms with E-state index in [0.717, 1.165) is 65.9 Å². The fourth-order valence-corrected chi connectivity index (χ4v) is 5.11. The first-order valence-electron chi connectivity index (χ1n) is 9.79. The topological polar surface area (TPSA) is 45.7 Å². The number of benzene rings is 1. The van der Waals surface area contributed by atoms with Crippen LogP contribution in [-0.2, 0) is 11.2 Å². The number of ether oxygens (including phenoxy) is 1. The Morgan fingerprint density at radius 2 is 2.14 bits per heavy atom. The average Bonchev–Trinajstić information content (AvgIpc) is 3.40. The Kier molecular flexibility index (Phi) is 6.36. The average molecular weight is 416 g/mol. The van der Waals surface area contributed by atoms with Gasteiger partial charge >= 0.3 is 0 Å². The highest BCUT2D eigenvalue weighted by Crippen LogP contribution is 2.31. The lowest BCUT2D eigenvalue weighted by Gasteiger charge is -2.27. The first-order valence-corrected chi connectivity index (χ1v) is 11.5. The summed E-state index contributed by atoms with van der Waals surface area (Å²) in [6.45, 7) is 7.35. The van der Waals surface area contributed by atoms with Gasteiger partial charge in [-0.25, -0.2) is 4.98 Å². The lowest BCUT2D eigenvalue weighted by Crippen LogP contribution is -2.39. The van der Waals surface area contributed by atoms with Gasteiger partial charge in [-0.3, -0.25) is 14.6 Å². The number of thiazole rings is 1. The minimum absolute atomic E-state index is 0.0479. The molecule has 2 aromatic heterocycles. The summed E-state index contributed by atoms with van der Waals surface area (Å²) in [5.41, 5.74) is 2.26. The van der Waals surface area contributed by atoms with Crippen LogP contribution in [0.25, 0.3) is 10.2 Å². The summed E-state index contributed by atoms with van der Waals surface area (Å²) in [5.74, 6) is 0.0479. The van der Waals surface area contributed by atoms with Gasteiger partial charge in [-0.2, -0.15) is 0 Å². The Balaban J connectivity index is 1.54. The predicted molar refractivity (Wildman–Crippen MR) is 117 cm³/mol. The molecular formula is C21H25N3O2S2. The number of amides is 1. The molecular weight excluding hydrogens is 390 g/mol. The molecule has 0 aliphatic carbocycles. The van der Waals surface area contributed by atoms with E-state index in [-0.39, 0.29) is 5.91 Å². The summed E-state index contributed by atoms with van der Waals surface area (Å²) in [6.07, 6.45) is 1.92. The fourth-order valence-electron chi connectivity index (χ4n) is 3.39. The van der Waals surface area contributed by atoms with Gasteiger partial charge in [0.05, 0.1) is 28.3 Å². The highest BCUT2D eigenvalue weighted by molar-refractivity contribution is 7.22. The molecule has 5 nitrogen and oxygen atoms in total. The third-order valence-electron chi connectivity index (χ3n) is 5.02. The molecule has 0 radical (unpaired) electrons. The van der Waals surface area contributed by atoms with Crippen molar-refractivity contribution in [3.8, 4) is 0 Å². The van der Waals surface area contributed by atoms with Crippen molar-refractivity contribution in [1.82, 2.24) is 9.88 Å². The molecule has 0 atom stereocenters. The minimum Gasteiger partial charge on any atom is -0.379 e. The monoisotopic (exact) mass is 415 g/mol. The molecule has 3 heterocycles. The molecule has 28 heavy (non-hydrogen) atoms. The number of thiophene rings is 1. The summed E-state index contributed by atoms with van der Waals surface area (Å²) < 4.78 is 6.57. The second kappa shape index (κ2) is 9.13. The van der Waals surface area contributed by atoms with Crippen LogP contribution in [0, 0.1) is 0 Å². The van der Waals surface area contributed by atoms with Crippen LogP contribution < -0.4 is 4.90 Å². The van der Waals surface area contributed by atoms with Gasteiger partial charge in [-0.05, 0) is 42.0 Å². The SMILES string of the molecule is CCc1ccc2nc(N(CCCN3CCOCC3)C(=O)c3cccs3)sc2c1. The third kappa shape index (κ3) is 4.43. The van der Waals surface area contributed by atoms with Gasteiger partial charge < -0.3 is 4.74 Å². The van der Waals surface area contributed by atoms with Gasteiger partial charge in [-0.1, -0.05) is 30.4 Å². The molecule has 0 spiro atoms. The molecule has 148 valence electrons. The van der Waals surface area contributed by atoms with E-state index in [4.69, 9.17) is 9.72 Å². The molecule has 1 fully saturated rings. The van der Waals surface area contributed by atoms with Crippen molar-refractivity contribution >= 4 is 43.9 Å². The van der Waals surface area contributed by atoms with Crippen LogP contribution in [0.3, 0.4) is 0 Å². The van der Waals surface area contributed by atoms with Crippen LogP contribution in [0.1, 0.15) is 28.6 Å². The Bertz CT molecular complexity index is 917. The molecule has 1 saturated heterocycles.